The maximum Gasteiger partial charge on any atom is 0.285 e. The van der Waals surface area contributed by atoms with Crippen LogP contribution in [0, 0.1) is 11.7 Å². The molecule has 0 aliphatic carbocycles. The number of aryl methyl sites for hydroxylation is 1. The molecule has 25 heavy (non-hydrogen) atoms. The second-order valence-electron chi connectivity index (χ2n) is 5.50. The van der Waals surface area contributed by atoms with E-state index in [1.807, 2.05) is 61.5 Å². The quantitative estimate of drug-likeness (QED) is 0.727. The average molecular weight is 351 g/mol. The van der Waals surface area contributed by atoms with Crippen LogP contribution in [0.1, 0.15) is 16.8 Å². The van der Waals surface area contributed by atoms with Gasteiger partial charge in [0.1, 0.15) is 11.4 Å². The smallest absolute Gasteiger partial charge is 0.285 e. The van der Waals surface area contributed by atoms with Crippen LogP contribution in [0.25, 0.3) is 17.8 Å². The number of hydrogen-bond donors (Lipinski definition) is 1. The number of nitrogens with zero attached hydrogens (tertiary/aromatic N) is 2. The largest absolute Gasteiger partial charge is 0.497 e. The average Bonchev–Trinajstić information content (AvgIpc) is 2.63. The van der Waals surface area contributed by atoms with E-state index in [-0.39, 0.29) is 16.0 Å². The molecular weight excluding hydrogens is 334 g/mol. The van der Waals surface area contributed by atoms with Crippen molar-refractivity contribution in [3.8, 4) is 11.4 Å². The predicted octanol–water partition coefficient (Wildman–Crippen LogP) is 3.78. The standard InChI is InChI=1S/C19H17N3O2S/c1-13-3-8-15(9-4-13)22-18(23)17(20-21-19(22)25)12-7-14-5-10-16(24-2)11-6-14/h3-12H,1-2H3,(H,21,25)/b12-7+. The summed E-state index contributed by atoms with van der Waals surface area (Å²) in [6.45, 7) is 1.99. The van der Waals surface area contributed by atoms with Crippen molar-refractivity contribution in [1.82, 2.24) is 14.8 Å². The van der Waals surface area contributed by atoms with Gasteiger partial charge in [0.2, 0.25) is 4.77 Å². The van der Waals surface area contributed by atoms with Gasteiger partial charge < -0.3 is 4.74 Å². The Morgan fingerprint density at radius 1 is 1.08 bits per heavy atom. The zero-order valence-corrected chi connectivity index (χ0v) is 14.7. The molecule has 1 N–H and O–H groups in total. The molecule has 0 aliphatic heterocycles. The topological polar surface area (TPSA) is 59.9 Å². The van der Waals surface area contributed by atoms with E-state index < -0.39 is 0 Å². The third-order valence-electron chi connectivity index (χ3n) is 3.74. The zero-order chi connectivity index (χ0) is 17.8. The lowest BCUT2D eigenvalue weighted by molar-refractivity contribution is 0.415. The van der Waals surface area contributed by atoms with Gasteiger partial charge in [-0.25, -0.2) is 0 Å². The first-order valence-electron chi connectivity index (χ1n) is 7.69. The molecule has 0 saturated carbocycles. The molecule has 2 aromatic carbocycles. The Hall–Kier alpha value is -2.99. The van der Waals surface area contributed by atoms with E-state index in [2.05, 4.69) is 10.2 Å². The Bertz CT molecular complexity index is 1020. The highest BCUT2D eigenvalue weighted by molar-refractivity contribution is 7.71. The van der Waals surface area contributed by atoms with Gasteiger partial charge in [0.05, 0.1) is 12.8 Å². The molecule has 0 bridgehead atoms. The molecule has 1 aromatic heterocycles. The van der Waals surface area contributed by atoms with E-state index in [1.165, 1.54) is 4.57 Å². The van der Waals surface area contributed by atoms with E-state index >= 15 is 0 Å². The summed E-state index contributed by atoms with van der Waals surface area (Å²) < 4.78 is 6.83. The van der Waals surface area contributed by atoms with Crippen LogP contribution < -0.4 is 10.3 Å². The number of ether oxygens (including phenoxy) is 1. The zero-order valence-electron chi connectivity index (χ0n) is 13.9. The number of rotatable bonds is 4. The van der Waals surface area contributed by atoms with Gasteiger partial charge in [0.15, 0.2) is 0 Å². The van der Waals surface area contributed by atoms with E-state index in [0.29, 0.717) is 5.69 Å². The summed E-state index contributed by atoms with van der Waals surface area (Å²) in [5, 5.41) is 6.79. The second kappa shape index (κ2) is 7.27. The summed E-state index contributed by atoms with van der Waals surface area (Å²) in [6.07, 6.45) is 3.49. The minimum atomic E-state index is -0.266. The molecule has 126 valence electrons. The van der Waals surface area contributed by atoms with Crippen LogP contribution in [0.15, 0.2) is 53.3 Å². The Balaban J connectivity index is 1.99. The van der Waals surface area contributed by atoms with Gasteiger partial charge >= 0.3 is 0 Å². The molecule has 0 aliphatic rings. The lowest BCUT2D eigenvalue weighted by Crippen LogP contribution is -2.24. The highest BCUT2D eigenvalue weighted by Gasteiger charge is 2.07. The van der Waals surface area contributed by atoms with Crippen LogP contribution in [0.5, 0.6) is 5.75 Å². The minimum Gasteiger partial charge on any atom is -0.497 e. The third-order valence-corrected chi connectivity index (χ3v) is 4.01. The normalized spacial score (nSPS) is 11.0. The second-order valence-corrected chi connectivity index (χ2v) is 5.88. The van der Waals surface area contributed by atoms with Crippen molar-refractivity contribution < 1.29 is 4.74 Å². The van der Waals surface area contributed by atoms with Crippen LogP contribution in [0.4, 0.5) is 0 Å². The molecule has 0 unspecified atom stereocenters. The molecule has 0 fully saturated rings. The molecular formula is C19H17N3O2S. The molecule has 0 atom stereocenters. The first kappa shape index (κ1) is 16.9. The Kier molecular flexibility index (Phi) is 4.90. The lowest BCUT2D eigenvalue weighted by Gasteiger charge is -2.06. The summed E-state index contributed by atoms with van der Waals surface area (Å²) in [5.74, 6) is 0.779. The van der Waals surface area contributed by atoms with Crippen molar-refractivity contribution in [2.45, 2.75) is 6.92 Å². The van der Waals surface area contributed by atoms with Crippen molar-refractivity contribution in [2.24, 2.45) is 0 Å². The fourth-order valence-electron chi connectivity index (χ4n) is 2.34. The fraction of sp³-hybridized carbons (Fsp3) is 0.105. The minimum absolute atomic E-state index is 0.260. The van der Waals surface area contributed by atoms with Crippen LogP contribution in [0.3, 0.4) is 0 Å². The van der Waals surface area contributed by atoms with Gasteiger partial charge in [-0.15, -0.1) is 0 Å². The number of hydrogen-bond acceptors (Lipinski definition) is 4. The number of benzene rings is 2. The molecule has 0 radical (unpaired) electrons. The maximum atomic E-state index is 12.7. The van der Waals surface area contributed by atoms with Crippen LogP contribution in [0.2, 0.25) is 0 Å². The van der Waals surface area contributed by atoms with Crippen LogP contribution in [-0.4, -0.2) is 21.9 Å². The molecule has 1 heterocycles. The monoisotopic (exact) mass is 351 g/mol. The molecule has 3 aromatic rings. The Labute approximate surface area is 150 Å². The predicted molar refractivity (Wildman–Crippen MR) is 102 cm³/mol. The lowest BCUT2D eigenvalue weighted by atomic mass is 10.2. The first-order valence-corrected chi connectivity index (χ1v) is 8.10. The van der Waals surface area contributed by atoms with Crippen LogP contribution >= 0.6 is 12.2 Å². The molecule has 5 nitrogen and oxygen atoms in total. The van der Waals surface area contributed by atoms with Crippen molar-refractivity contribution in [3.05, 3.63) is 80.5 Å². The number of H-pyrrole nitrogens is 1. The Morgan fingerprint density at radius 2 is 1.76 bits per heavy atom. The highest BCUT2D eigenvalue weighted by Crippen LogP contribution is 2.13. The summed E-state index contributed by atoms with van der Waals surface area (Å²) >= 11 is 5.23. The molecule has 0 saturated heterocycles. The third kappa shape index (κ3) is 3.75. The molecule has 6 heteroatoms. The van der Waals surface area contributed by atoms with Crippen molar-refractivity contribution >= 4 is 24.4 Å². The summed E-state index contributed by atoms with van der Waals surface area (Å²) in [4.78, 5) is 12.7. The van der Waals surface area contributed by atoms with E-state index in [1.54, 1.807) is 13.2 Å². The number of aromatic amines is 1. The van der Waals surface area contributed by atoms with Gasteiger partial charge in [-0.3, -0.25) is 14.5 Å². The Morgan fingerprint density at radius 3 is 2.40 bits per heavy atom. The van der Waals surface area contributed by atoms with Gasteiger partial charge in [-0.1, -0.05) is 35.9 Å². The molecule has 0 spiro atoms. The van der Waals surface area contributed by atoms with Gasteiger partial charge in [0, 0.05) is 0 Å². The first-order chi connectivity index (χ1) is 12.1. The van der Waals surface area contributed by atoms with Crippen molar-refractivity contribution in [1.29, 1.82) is 0 Å². The highest BCUT2D eigenvalue weighted by atomic mass is 32.1. The molecule has 0 amide bonds. The van der Waals surface area contributed by atoms with Gasteiger partial charge in [-0.05, 0) is 55.0 Å². The van der Waals surface area contributed by atoms with E-state index in [4.69, 9.17) is 17.0 Å². The molecule has 3 rings (SSSR count). The van der Waals surface area contributed by atoms with Crippen molar-refractivity contribution in [2.75, 3.05) is 7.11 Å². The summed E-state index contributed by atoms with van der Waals surface area (Å²) in [6, 6.07) is 15.1. The summed E-state index contributed by atoms with van der Waals surface area (Å²) in [7, 11) is 1.62. The van der Waals surface area contributed by atoms with E-state index in [9.17, 15) is 4.79 Å². The van der Waals surface area contributed by atoms with E-state index in [0.717, 1.165) is 16.9 Å². The van der Waals surface area contributed by atoms with Gasteiger partial charge in [0.25, 0.3) is 5.56 Å². The fourth-order valence-corrected chi connectivity index (χ4v) is 2.57. The summed E-state index contributed by atoms with van der Waals surface area (Å²) in [5.41, 5.74) is 2.77. The number of aromatic nitrogens is 3. The maximum absolute atomic E-state index is 12.7. The van der Waals surface area contributed by atoms with Crippen LogP contribution in [-0.2, 0) is 0 Å². The van der Waals surface area contributed by atoms with Gasteiger partial charge in [-0.2, -0.15) is 5.10 Å². The SMILES string of the molecule is COc1ccc(/C=C/c2n[nH]c(=S)n(-c3ccc(C)cc3)c2=O)cc1. The number of nitrogens with one attached hydrogen (secondary N) is 1. The number of methoxy groups -OCH3 is 1. The van der Waals surface area contributed by atoms with Crippen molar-refractivity contribution in [3.63, 3.8) is 0 Å².